The first-order valence-corrected chi connectivity index (χ1v) is 11.2. The van der Waals surface area contributed by atoms with Crippen molar-refractivity contribution in [2.75, 3.05) is 12.4 Å². The number of hydrogen-bond donors (Lipinski definition) is 3. The fourth-order valence-electron chi connectivity index (χ4n) is 4.02. The number of anilines is 1. The highest BCUT2D eigenvalue weighted by molar-refractivity contribution is 7.89. The van der Waals surface area contributed by atoms with Crippen LogP contribution in [0.4, 0.5) is 11.4 Å². The second-order valence-electron chi connectivity index (χ2n) is 7.62. The molecule has 1 aliphatic carbocycles. The van der Waals surface area contributed by atoms with Gasteiger partial charge < -0.3 is 16.0 Å². The van der Waals surface area contributed by atoms with Crippen molar-refractivity contribution in [3.63, 3.8) is 0 Å². The summed E-state index contributed by atoms with van der Waals surface area (Å²) < 4.78 is 25.8. The van der Waals surface area contributed by atoms with Gasteiger partial charge in [0.05, 0.1) is 16.3 Å². The van der Waals surface area contributed by atoms with Gasteiger partial charge in [-0.25, -0.2) is 13.4 Å². The zero-order chi connectivity index (χ0) is 20.6. The Kier molecular flexibility index (Phi) is 5.18. The maximum absolute atomic E-state index is 12.5. The molecule has 2 aromatic rings. The molecule has 29 heavy (non-hydrogen) atoms. The number of nitrogens with two attached hydrogens (primary N) is 1. The molecule has 0 unspecified atom stereocenters. The van der Waals surface area contributed by atoms with Crippen molar-refractivity contribution in [1.29, 1.82) is 0 Å². The smallest absolute Gasteiger partial charge is 0.261 e. The third-order valence-electron chi connectivity index (χ3n) is 5.56. The molecule has 1 saturated carbocycles. The largest absolute Gasteiger partial charge is 0.383 e. The van der Waals surface area contributed by atoms with Gasteiger partial charge in [-0.1, -0.05) is 19.3 Å². The van der Waals surface area contributed by atoms with Crippen molar-refractivity contribution < 1.29 is 8.42 Å². The standard InChI is InChI=1S/C20H25N5O3S/c1-25-12-13-11-15(7-8-17(13)29(25,27)28)24-19(21)18-16(9-10-22-20(18)26)23-14-5-3-2-4-6-14/h7-11,14H,2-6,12H2,1H3,(H2,21,24)(H2,22,23,26). The zero-order valence-electron chi connectivity index (χ0n) is 16.3. The number of fused-ring (bicyclic) bond motifs is 1. The summed E-state index contributed by atoms with van der Waals surface area (Å²) >= 11 is 0. The molecule has 1 aromatic carbocycles. The molecule has 0 bridgehead atoms. The highest BCUT2D eigenvalue weighted by Gasteiger charge is 2.31. The lowest BCUT2D eigenvalue weighted by molar-refractivity contribution is 0.462. The fourth-order valence-corrected chi connectivity index (χ4v) is 5.36. The molecule has 1 aromatic heterocycles. The van der Waals surface area contributed by atoms with E-state index in [9.17, 15) is 13.2 Å². The number of rotatable bonds is 4. The number of pyridine rings is 1. The van der Waals surface area contributed by atoms with Crippen LogP contribution in [0.3, 0.4) is 0 Å². The van der Waals surface area contributed by atoms with E-state index in [2.05, 4.69) is 15.3 Å². The van der Waals surface area contributed by atoms with Crippen molar-refractivity contribution in [1.82, 2.24) is 9.29 Å². The number of nitrogens with zero attached hydrogens (tertiary/aromatic N) is 2. The molecule has 0 saturated heterocycles. The van der Waals surface area contributed by atoms with Gasteiger partial charge in [-0.2, -0.15) is 4.31 Å². The van der Waals surface area contributed by atoms with Gasteiger partial charge in [0.25, 0.3) is 5.56 Å². The number of amidine groups is 1. The number of sulfonamides is 1. The van der Waals surface area contributed by atoms with Crippen molar-refractivity contribution in [3.8, 4) is 0 Å². The number of nitrogens with one attached hydrogen (secondary N) is 2. The molecule has 1 fully saturated rings. The Balaban J connectivity index is 1.67. The van der Waals surface area contributed by atoms with E-state index in [4.69, 9.17) is 5.73 Å². The van der Waals surface area contributed by atoms with E-state index >= 15 is 0 Å². The Morgan fingerprint density at radius 3 is 2.76 bits per heavy atom. The molecule has 0 atom stereocenters. The number of aromatic amines is 1. The van der Waals surface area contributed by atoms with Gasteiger partial charge in [-0.05, 0) is 42.7 Å². The first-order valence-electron chi connectivity index (χ1n) is 9.78. The predicted molar refractivity (Wildman–Crippen MR) is 113 cm³/mol. The summed E-state index contributed by atoms with van der Waals surface area (Å²) in [6, 6.07) is 6.97. The van der Waals surface area contributed by atoms with Crippen molar-refractivity contribution in [2.24, 2.45) is 10.7 Å². The van der Waals surface area contributed by atoms with Crippen molar-refractivity contribution in [3.05, 3.63) is 51.9 Å². The van der Waals surface area contributed by atoms with Crippen LogP contribution in [0.1, 0.15) is 43.2 Å². The average Bonchev–Trinajstić information content (AvgIpc) is 2.91. The summed E-state index contributed by atoms with van der Waals surface area (Å²) in [5, 5.41) is 3.45. The topological polar surface area (TPSA) is 121 Å². The molecular weight excluding hydrogens is 390 g/mol. The normalized spacial score (nSPS) is 19.8. The Bertz CT molecular complexity index is 1120. The third kappa shape index (κ3) is 3.79. The van der Waals surface area contributed by atoms with E-state index in [1.54, 1.807) is 31.4 Å². The van der Waals surface area contributed by atoms with Crippen molar-refractivity contribution >= 4 is 27.2 Å². The Hall–Kier alpha value is -2.65. The van der Waals surface area contributed by atoms with Crippen LogP contribution in [-0.2, 0) is 16.6 Å². The van der Waals surface area contributed by atoms with E-state index in [1.807, 2.05) is 0 Å². The van der Waals surface area contributed by atoms with Crippen LogP contribution < -0.4 is 16.6 Å². The maximum atomic E-state index is 12.5. The molecular formula is C20H25N5O3S. The molecule has 4 N–H and O–H groups in total. The van der Waals surface area contributed by atoms with E-state index in [0.29, 0.717) is 35.1 Å². The summed E-state index contributed by atoms with van der Waals surface area (Å²) in [6.07, 6.45) is 7.32. The summed E-state index contributed by atoms with van der Waals surface area (Å²) in [5.41, 5.74) is 8.07. The fraction of sp³-hybridized carbons (Fsp3) is 0.400. The molecule has 1 aliphatic heterocycles. The van der Waals surface area contributed by atoms with Crippen LogP contribution >= 0.6 is 0 Å². The molecule has 0 radical (unpaired) electrons. The van der Waals surface area contributed by atoms with E-state index in [0.717, 1.165) is 12.8 Å². The van der Waals surface area contributed by atoms with Crippen LogP contribution in [0.2, 0.25) is 0 Å². The molecule has 9 heteroatoms. The first kappa shape index (κ1) is 19.7. The monoisotopic (exact) mass is 415 g/mol. The lowest BCUT2D eigenvalue weighted by Gasteiger charge is -2.24. The summed E-state index contributed by atoms with van der Waals surface area (Å²) in [4.78, 5) is 19.8. The summed E-state index contributed by atoms with van der Waals surface area (Å²) in [7, 11) is -1.88. The van der Waals surface area contributed by atoms with Gasteiger partial charge in [-0.15, -0.1) is 0 Å². The second-order valence-corrected chi connectivity index (χ2v) is 9.64. The lowest BCUT2D eigenvalue weighted by atomic mass is 9.95. The van der Waals surface area contributed by atoms with Gasteiger partial charge in [0.1, 0.15) is 11.4 Å². The Labute approximate surface area is 169 Å². The predicted octanol–water partition coefficient (Wildman–Crippen LogP) is 2.29. The van der Waals surface area contributed by atoms with Gasteiger partial charge in [0, 0.05) is 25.8 Å². The molecule has 2 aliphatic rings. The van der Waals surface area contributed by atoms with Gasteiger partial charge in [-0.3, -0.25) is 4.79 Å². The van der Waals surface area contributed by atoms with Crippen molar-refractivity contribution in [2.45, 2.75) is 49.6 Å². The average molecular weight is 416 g/mol. The van der Waals surface area contributed by atoms with Gasteiger partial charge in [0.15, 0.2) is 0 Å². The zero-order valence-corrected chi connectivity index (χ0v) is 17.1. The summed E-state index contributed by atoms with van der Waals surface area (Å²) in [6.45, 7) is 0.293. The highest BCUT2D eigenvalue weighted by atomic mass is 32.2. The van der Waals surface area contributed by atoms with Gasteiger partial charge >= 0.3 is 0 Å². The van der Waals surface area contributed by atoms with Gasteiger partial charge in [0.2, 0.25) is 10.0 Å². The number of hydrogen-bond acceptors (Lipinski definition) is 5. The third-order valence-corrected chi connectivity index (χ3v) is 7.46. The summed E-state index contributed by atoms with van der Waals surface area (Å²) in [5.74, 6) is 0.0966. The van der Waals surface area contributed by atoms with E-state index in [-0.39, 0.29) is 16.3 Å². The van der Waals surface area contributed by atoms with Crippen LogP contribution in [0.15, 0.2) is 45.1 Å². The first-order chi connectivity index (χ1) is 13.9. The number of aromatic nitrogens is 1. The van der Waals surface area contributed by atoms with Crippen LogP contribution in [0.5, 0.6) is 0 Å². The van der Waals surface area contributed by atoms with E-state index in [1.165, 1.54) is 29.6 Å². The second kappa shape index (κ2) is 7.64. The lowest BCUT2D eigenvalue weighted by Crippen LogP contribution is -2.29. The number of benzene rings is 1. The molecule has 0 spiro atoms. The maximum Gasteiger partial charge on any atom is 0.261 e. The quantitative estimate of drug-likeness (QED) is 0.523. The highest BCUT2D eigenvalue weighted by Crippen LogP contribution is 2.32. The minimum atomic E-state index is -3.42. The Morgan fingerprint density at radius 1 is 1.24 bits per heavy atom. The molecule has 0 amide bonds. The minimum absolute atomic E-state index is 0.0966. The molecule has 2 heterocycles. The van der Waals surface area contributed by atoms with E-state index < -0.39 is 10.0 Å². The van der Waals surface area contributed by atoms with Crippen LogP contribution in [0, 0.1) is 0 Å². The number of aliphatic imine (C=N–C) groups is 1. The SMILES string of the molecule is CN1Cc2cc(N=C(N)c3c(NC4CCCCC4)cc[nH]c3=O)ccc2S1(=O)=O. The van der Waals surface area contributed by atoms with Crippen LogP contribution in [-0.4, -0.2) is 36.6 Å². The molecule has 4 rings (SSSR count). The molecule has 154 valence electrons. The van der Waals surface area contributed by atoms with Crippen LogP contribution in [0.25, 0.3) is 0 Å². The number of H-pyrrole nitrogens is 1. The molecule has 8 nitrogen and oxygen atoms in total. The Morgan fingerprint density at radius 2 is 2.00 bits per heavy atom. The minimum Gasteiger partial charge on any atom is -0.383 e.